The van der Waals surface area contributed by atoms with Gasteiger partial charge in [-0.05, 0) is 87.1 Å². The third-order valence-electron chi connectivity index (χ3n) is 11.3. The molecule has 1 N–H and O–H groups in total. The van der Waals surface area contributed by atoms with Gasteiger partial charge in [0.25, 0.3) is 0 Å². The number of benzene rings is 9. The Morgan fingerprint density at radius 3 is 1.65 bits per heavy atom. The number of amidine groups is 2. The molecule has 0 aliphatic carbocycles. The average molecular weight is 771 g/mol. The molecule has 0 bridgehead atoms. The van der Waals surface area contributed by atoms with Crippen LogP contribution in [0.1, 0.15) is 22.9 Å². The number of anilines is 3. The van der Waals surface area contributed by atoms with Crippen LogP contribution in [0.15, 0.2) is 233 Å². The molecule has 1 aliphatic rings. The molecule has 10 aromatic rings. The first kappa shape index (κ1) is 35.2. The van der Waals surface area contributed by atoms with Crippen LogP contribution in [0, 0.1) is 0 Å². The summed E-state index contributed by atoms with van der Waals surface area (Å²) in [6, 6.07) is 76.2. The molecule has 2 heterocycles. The highest BCUT2D eigenvalue weighted by Gasteiger charge is 2.25. The van der Waals surface area contributed by atoms with Crippen molar-refractivity contribution in [1.82, 2.24) is 5.32 Å². The molecular formula is C55H38N4O. The van der Waals surface area contributed by atoms with E-state index in [0.717, 1.165) is 89.0 Å². The Morgan fingerprint density at radius 1 is 0.417 bits per heavy atom. The van der Waals surface area contributed by atoms with E-state index >= 15 is 0 Å². The minimum atomic E-state index is -0.332. The van der Waals surface area contributed by atoms with Crippen LogP contribution in [0.4, 0.5) is 17.1 Å². The average Bonchev–Trinajstić information content (AvgIpc) is 3.72. The van der Waals surface area contributed by atoms with Crippen LogP contribution in [-0.2, 0) is 0 Å². The molecule has 5 nitrogen and oxygen atoms in total. The van der Waals surface area contributed by atoms with Crippen LogP contribution in [0.3, 0.4) is 0 Å². The first-order valence-corrected chi connectivity index (χ1v) is 20.3. The van der Waals surface area contributed by atoms with Gasteiger partial charge in [0.15, 0.2) is 5.84 Å². The molecule has 60 heavy (non-hydrogen) atoms. The Kier molecular flexibility index (Phi) is 8.82. The second kappa shape index (κ2) is 15.1. The van der Waals surface area contributed by atoms with Gasteiger partial charge in [0.1, 0.15) is 23.2 Å². The van der Waals surface area contributed by atoms with Gasteiger partial charge in [-0.15, -0.1) is 0 Å². The SMILES string of the molecule is c1ccc(-c2ccc(C3=NC(c4cccc5oc6cc(-c7ccc(N(c8ccccc8)c8ccccc8)cc7)c7ccccc7c6c45)=NC(c4ccccc4)N3)cc2)cc1. The highest BCUT2D eigenvalue weighted by atomic mass is 16.3. The number of hydrogen-bond acceptors (Lipinski definition) is 5. The summed E-state index contributed by atoms with van der Waals surface area (Å²) in [6.45, 7) is 0. The Balaban J connectivity index is 1.03. The fourth-order valence-corrected chi connectivity index (χ4v) is 8.47. The Hall–Kier alpha value is -8.02. The van der Waals surface area contributed by atoms with Crippen molar-refractivity contribution in [3.05, 3.63) is 235 Å². The minimum Gasteiger partial charge on any atom is -0.456 e. The van der Waals surface area contributed by atoms with Gasteiger partial charge in [0.2, 0.25) is 0 Å². The van der Waals surface area contributed by atoms with Crippen molar-refractivity contribution in [2.24, 2.45) is 9.98 Å². The number of aliphatic imine (C=N–C) groups is 2. The van der Waals surface area contributed by atoms with E-state index in [1.807, 2.05) is 24.3 Å². The fourth-order valence-electron chi connectivity index (χ4n) is 8.47. The number of nitrogens with one attached hydrogen (secondary N) is 1. The zero-order chi connectivity index (χ0) is 39.8. The Morgan fingerprint density at radius 2 is 0.967 bits per heavy atom. The molecule has 5 heteroatoms. The molecule has 284 valence electrons. The lowest BCUT2D eigenvalue weighted by atomic mass is 9.93. The summed E-state index contributed by atoms with van der Waals surface area (Å²) in [5.74, 6) is 1.43. The van der Waals surface area contributed by atoms with Crippen molar-refractivity contribution >= 4 is 61.4 Å². The third-order valence-corrected chi connectivity index (χ3v) is 11.3. The van der Waals surface area contributed by atoms with E-state index < -0.39 is 0 Å². The maximum Gasteiger partial charge on any atom is 0.160 e. The number of nitrogens with zero attached hydrogens (tertiary/aromatic N) is 3. The van der Waals surface area contributed by atoms with Gasteiger partial charge >= 0.3 is 0 Å². The van der Waals surface area contributed by atoms with Crippen molar-refractivity contribution in [3.8, 4) is 22.3 Å². The summed E-state index contributed by atoms with van der Waals surface area (Å²) in [6.07, 6.45) is -0.332. The topological polar surface area (TPSA) is 53.1 Å². The first-order valence-electron chi connectivity index (χ1n) is 20.3. The van der Waals surface area contributed by atoms with Crippen molar-refractivity contribution in [2.75, 3.05) is 4.90 Å². The van der Waals surface area contributed by atoms with Crippen LogP contribution >= 0.6 is 0 Å². The number of fused-ring (bicyclic) bond motifs is 5. The van der Waals surface area contributed by atoms with Gasteiger partial charge < -0.3 is 14.6 Å². The molecular weight excluding hydrogens is 733 g/mol. The summed E-state index contributed by atoms with van der Waals surface area (Å²) in [5.41, 5.74) is 12.4. The Bertz CT molecular complexity index is 3150. The van der Waals surface area contributed by atoms with E-state index in [4.69, 9.17) is 14.4 Å². The number of hydrogen-bond donors (Lipinski definition) is 1. The van der Waals surface area contributed by atoms with Crippen molar-refractivity contribution in [3.63, 3.8) is 0 Å². The molecule has 0 radical (unpaired) electrons. The smallest absolute Gasteiger partial charge is 0.160 e. The number of para-hydroxylation sites is 2. The van der Waals surface area contributed by atoms with Crippen LogP contribution in [0.5, 0.6) is 0 Å². The summed E-state index contributed by atoms with van der Waals surface area (Å²) in [5, 5.41) is 7.96. The maximum absolute atomic E-state index is 6.78. The van der Waals surface area contributed by atoms with Crippen LogP contribution in [0.25, 0.3) is 55.0 Å². The van der Waals surface area contributed by atoms with Gasteiger partial charge in [-0.2, -0.15) is 0 Å². The largest absolute Gasteiger partial charge is 0.456 e. The maximum atomic E-state index is 6.78. The van der Waals surface area contributed by atoms with Gasteiger partial charge in [0.05, 0.1) is 0 Å². The lowest BCUT2D eigenvalue weighted by molar-refractivity contribution is 0.668. The van der Waals surface area contributed by atoms with E-state index in [-0.39, 0.29) is 6.17 Å². The second-order valence-corrected chi connectivity index (χ2v) is 15.0. The monoisotopic (exact) mass is 770 g/mol. The van der Waals surface area contributed by atoms with Gasteiger partial charge in [-0.1, -0.05) is 170 Å². The van der Waals surface area contributed by atoms with Gasteiger partial charge in [-0.25, -0.2) is 9.98 Å². The molecule has 0 saturated carbocycles. The molecule has 1 atom stereocenters. The quantitative estimate of drug-likeness (QED) is 0.167. The lowest BCUT2D eigenvalue weighted by Gasteiger charge is -2.25. The fraction of sp³-hybridized carbons (Fsp3) is 0.0182. The zero-order valence-electron chi connectivity index (χ0n) is 32.6. The second-order valence-electron chi connectivity index (χ2n) is 15.0. The van der Waals surface area contributed by atoms with Crippen molar-refractivity contribution < 1.29 is 4.42 Å². The first-order chi connectivity index (χ1) is 29.7. The van der Waals surface area contributed by atoms with E-state index in [1.54, 1.807) is 0 Å². The predicted octanol–water partition coefficient (Wildman–Crippen LogP) is 14.0. The summed E-state index contributed by atoms with van der Waals surface area (Å²) >= 11 is 0. The molecule has 0 amide bonds. The molecule has 1 aliphatic heterocycles. The zero-order valence-corrected chi connectivity index (χ0v) is 32.6. The molecule has 0 fully saturated rings. The van der Waals surface area contributed by atoms with Crippen LogP contribution < -0.4 is 10.2 Å². The van der Waals surface area contributed by atoms with E-state index in [2.05, 4.69) is 204 Å². The summed E-state index contributed by atoms with van der Waals surface area (Å²) in [7, 11) is 0. The summed E-state index contributed by atoms with van der Waals surface area (Å²) in [4.78, 5) is 12.8. The molecule has 1 unspecified atom stereocenters. The minimum absolute atomic E-state index is 0.332. The van der Waals surface area contributed by atoms with Crippen molar-refractivity contribution in [1.29, 1.82) is 0 Å². The highest BCUT2D eigenvalue weighted by molar-refractivity contribution is 6.28. The molecule has 11 rings (SSSR count). The molecule has 0 spiro atoms. The van der Waals surface area contributed by atoms with Gasteiger partial charge in [0, 0.05) is 39.0 Å². The normalized spacial score (nSPS) is 13.8. The van der Waals surface area contributed by atoms with E-state index in [9.17, 15) is 0 Å². The summed E-state index contributed by atoms with van der Waals surface area (Å²) < 4.78 is 6.78. The van der Waals surface area contributed by atoms with E-state index in [1.165, 1.54) is 5.56 Å². The van der Waals surface area contributed by atoms with Crippen LogP contribution in [-0.4, -0.2) is 11.7 Å². The number of furan rings is 1. The molecule has 9 aromatic carbocycles. The van der Waals surface area contributed by atoms with E-state index in [0.29, 0.717) is 5.84 Å². The van der Waals surface area contributed by atoms with Crippen LogP contribution in [0.2, 0.25) is 0 Å². The highest BCUT2D eigenvalue weighted by Crippen LogP contribution is 2.43. The predicted molar refractivity (Wildman–Crippen MR) is 249 cm³/mol. The van der Waals surface area contributed by atoms with Gasteiger partial charge in [-0.3, -0.25) is 0 Å². The standard InChI is InChI=1S/C55H38N4O/c1-5-16-37(17-6-1)38-28-30-41(31-29-38)54-56-53(40-18-7-2-8-19-40)57-55(58-54)47-26-15-27-49-52(47)51-46-25-14-13-24-45(46)48(36-50(51)60-49)39-32-34-44(35-33-39)59(42-20-9-3-10-21-42)43-22-11-4-12-23-43/h1-36,53H,(H,56,57,58). The third kappa shape index (κ3) is 6.39. The molecule has 0 saturated heterocycles. The Labute approximate surface area is 348 Å². The number of rotatable bonds is 8. The lowest BCUT2D eigenvalue weighted by Crippen LogP contribution is -2.33. The van der Waals surface area contributed by atoms with Crippen molar-refractivity contribution in [2.45, 2.75) is 6.17 Å². The molecule has 1 aromatic heterocycles.